The number of para-hydroxylation sites is 1. The van der Waals surface area contributed by atoms with Gasteiger partial charge in [0.15, 0.2) is 5.16 Å². The van der Waals surface area contributed by atoms with E-state index in [-0.39, 0.29) is 23.3 Å². The third-order valence-corrected chi connectivity index (χ3v) is 5.75. The number of carbonyl (C=O) groups excluding carboxylic acids is 1. The van der Waals surface area contributed by atoms with Crippen LogP contribution in [0.25, 0.3) is 10.9 Å². The topological polar surface area (TPSA) is 77.6 Å². The first-order chi connectivity index (χ1) is 13.6. The van der Waals surface area contributed by atoms with Crippen molar-refractivity contribution in [2.24, 2.45) is 0 Å². The summed E-state index contributed by atoms with van der Waals surface area (Å²) in [4.78, 5) is 32.4. The Hall–Kier alpha value is -2.58. The summed E-state index contributed by atoms with van der Waals surface area (Å²) in [5.41, 5.74) is 0.479. The number of hydrogen-bond donors (Lipinski definition) is 0. The number of rotatable bonds is 5. The number of ether oxygens (including phenoxy) is 1. The van der Waals surface area contributed by atoms with Crippen LogP contribution < -0.4 is 5.56 Å². The fourth-order valence-corrected chi connectivity index (χ4v) is 4.18. The minimum atomic E-state index is -0.367. The quantitative estimate of drug-likeness (QED) is 0.484. The van der Waals surface area contributed by atoms with E-state index < -0.39 is 0 Å². The van der Waals surface area contributed by atoms with Gasteiger partial charge < -0.3 is 14.1 Å². The van der Waals surface area contributed by atoms with Crippen LogP contribution in [0.2, 0.25) is 0 Å². The average molecular weight is 399 g/mol. The van der Waals surface area contributed by atoms with Crippen molar-refractivity contribution in [2.45, 2.75) is 23.9 Å². The molecule has 0 spiro atoms. The zero-order chi connectivity index (χ0) is 19.5. The summed E-state index contributed by atoms with van der Waals surface area (Å²) in [6.07, 6.45) is 1.58. The number of carbonyl (C=O) groups is 1. The van der Waals surface area contributed by atoms with Crippen molar-refractivity contribution in [3.63, 3.8) is 0 Å². The molecule has 0 radical (unpaired) electrons. The Kier molecular flexibility index (Phi) is 5.50. The molecule has 1 amide bonds. The van der Waals surface area contributed by atoms with E-state index in [1.54, 1.807) is 27.9 Å². The molecule has 0 bridgehead atoms. The molecule has 1 aliphatic heterocycles. The Morgan fingerprint density at radius 2 is 2.00 bits per heavy atom. The summed E-state index contributed by atoms with van der Waals surface area (Å²) < 4.78 is 12.3. The maximum absolute atomic E-state index is 13.1. The van der Waals surface area contributed by atoms with Crippen LogP contribution in [0.4, 0.5) is 0 Å². The number of amides is 1. The predicted octanol–water partition coefficient (Wildman–Crippen LogP) is 2.38. The minimum absolute atomic E-state index is 0.0280. The summed E-state index contributed by atoms with van der Waals surface area (Å²) in [6.45, 7) is 4.41. The average Bonchev–Trinajstić information content (AvgIpc) is 3.24. The van der Waals surface area contributed by atoms with Crippen LogP contribution in [-0.4, -0.2) is 51.9 Å². The van der Waals surface area contributed by atoms with E-state index in [2.05, 4.69) is 4.98 Å². The number of nitrogens with zero attached hydrogens (tertiary/aromatic N) is 3. The van der Waals surface area contributed by atoms with Crippen LogP contribution in [0.1, 0.15) is 12.7 Å². The van der Waals surface area contributed by atoms with Gasteiger partial charge in [0, 0.05) is 13.1 Å². The third kappa shape index (κ3) is 3.83. The molecular formula is C20H21N3O4S. The van der Waals surface area contributed by atoms with E-state index in [0.29, 0.717) is 48.1 Å². The highest BCUT2D eigenvalue weighted by atomic mass is 32.2. The van der Waals surface area contributed by atoms with Crippen LogP contribution in [0, 0.1) is 0 Å². The van der Waals surface area contributed by atoms with E-state index in [1.807, 2.05) is 31.2 Å². The first-order valence-corrected chi connectivity index (χ1v) is 10.1. The van der Waals surface area contributed by atoms with Crippen molar-refractivity contribution in [1.29, 1.82) is 0 Å². The molecule has 28 heavy (non-hydrogen) atoms. The highest BCUT2D eigenvalue weighted by molar-refractivity contribution is 8.00. The second kappa shape index (κ2) is 8.20. The molecule has 8 heteroatoms. The van der Waals surface area contributed by atoms with Gasteiger partial charge in [-0.25, -0.2) is 4.98 Å². The second-order valence-corrected chi connectivity index (χ2v) is 7.89. The molecule has 1 saturated heterocycles. The predicted molar refractivity (Wildman–Crippen MR) is 107 cm³/mol. The zero-order valence-corrected chi connectivity index (χ0v) is 16.4. The Bertz CT molecular complexity index is 1030. The SMILES string of the molecule is C[C@H](Sc1nc2ccccc2c(=O)n1Cc1ccco1)C(=O)N1CCOCC1. The fraction of sp³-hybridized carbons (Fsp3) is 0.350. The molecule has 4 rings (SSSR count). The standard InChI is InChI=1S/C20H21N3O4S/c1-14(18(24)22-8-11-26-12-9-22)28-20-21-17-7-3-2-6-16(17)19(25)23(20)13-15-5-4-10-27-15/h2-7,10,14H,8-9,11-13H2,1H3/t14-/m0/s1. The monoisotopic (exact) mass is 399 g/mol. The summed E-state index contributed by atoms with van der Waals surface area (Å²) in [7, 11) is 0. The van der Waals surface area contributed by atoms with Gasteiger partial charge in [-0.05, 0) is 31.2 Å². The van der Waals surface area contributed by atoms with Crippen LogP contribution >= 0.6 is 11.8 Å². The molecule has 7 nitrogen and oxygen atoms in total. The highest BCUT2D eigenvalue weighted by Crippen LogP contribution is 2.25. The van der Waals surface area contributed by atoms with Gasteiger partial charge in [0.2, 0.25) is 5.91 Å². The molecule has 1 atom stereocenters. The van der Waals surface area contributed by atoms with Gasteiger partial charge in [-0.15, -0.1) is 0 Å². The number of aromatic nitrogens is 2. The Morgan fingerprint density at radius 1 is 1.21 bits per heavy atom. The van der Waals surface area contributed by atoms with Crippen molar-refractivity contribution in [3.05, 3.63) is 58.8 Å². The third-order valence-electron chi connectivity index (χ3n) is 4.67. The van der Waals surface area contributed by atoms with Gasteiger partial charge in [0.05, 0.1) is 42.2 Å². The van der Waals surface area contributed by atoms with Crippen LogP contribution in [-0.2, 0) is 16.1 Å². The smallest absolute Gasteiger partial charge is 0.262 e. The summed E-state index contributed by atoms with van der Waals surface area (Å²) >= 11 is 1.30. The Labute approximate surface area is 166 Å². The number of furan rings is 1. The number of benzene rings is 1. The molecule has 2 aromatic heterocycles. The van der Waals surface area contributed by atoms with E-state index in [4.69, 9.17) is 9.15 Å². The lowest BCUT2D eigenvalue weighted by atomic mass is 10.2. The lowest BCUT2D eigenvalue weighted by molar-refractivity contribution is -0.134. The maximum atomic E-state index is 13.1. The van der Waals surface area contributed by atoms with Crippen molar-refractivity contribution >= 4 is 28.6 Å². The Balaban J connectivity index is 1.68. The molecule has 1 aliphatic rings. The lowest BCUT2D eigenvalue weighted by Crippen LogP contribution is -2.44. The molecule has 3 heterocycles. The largest absolute Gasteiger partial charge is 0.467 e. The number of morpholine rings is 1. The first kappa shape index (κ1) is 18.8. The fourth-order valence-electron chi connectivity index (χ4n) is 3.18. The molecule has 146 valence electrons. The highest BCUT2D eigenvalue weighted by Gasteiger charge is 2.25. The molecule has 1 fully saturated rings. The van der Waals surface area contributed by atoms with E-state index >= 15 is 0 Å². The minimum Gasteiger partial charge on any atom is -0.467 e. The number of thioether (sulfide) groups is 1. The molecule has 3 aromatic rings. The van der Waals surface area contributed by atoms with Gasteiger partial charge >= 0.3 is 0 Å². The normalized spacial score (nSPS) is 15.7. The Morgan fingerprint density at radius 3 is 2.75 bits per heavy atom. The van der Waals surface area contributed by atoms with E-state index in [0.717, 1.165) is 0 Å². The van der Waals surface area contributed by atoms with E-state index in [9.17, 15) is 9.59 Å². The summed E-state index contributed by atoms with van der Waals surface area (Å²) in [6, 6.07) is 10.8. The number of fused-ring (bicyclic) bond motifs is 1. The van der Waals surface area contributed by atoms with Crippen LogP contribution in [0.15, 0.2) is 57.0 Å². The van der Waals surface area contributed by atoms with Gasteiger partial charge in [-0.3, -0.25) is 14.2 Å². The molecule has 1 aromatic carbocycles. The van der Waals surface area contributed by atoms with Gasteiger partial charge in [-0.2, -0.15) is 0 Å². The molecule has 0 unspecified atom stereocenters. The molecule has 0 N–H and O–H groups in total. The van der Waals surface area contributed by atoms with Crippen LogP contribution in [0.3, 0.4) is 0 Å². The summed E-state index contributed by atoms with van der Waals surface area (Å²) in [5.74, 6) is 0.688. The number of hydrogen-bond acceptors (Lipinski definition) is 6. The van der Waals surface area contributed by atoms with E-state index in [1.165, 1.54) is 11.8 Å². The van der Waals surface area contributed by atoms with Gasteiger partial charge in [0.1, 0.15) is 5.76 Å². The van der Waals surface area contributed by atoms with Crippen molar-refractivity contribution in [1.82, 2.24) is 14.5 Å². The maximum Gasteiger partial charge on any atom is 0.262 e. The van der Waals surface area contributed by atoms with Crippen molar-refractivity contribution in [3.8, 4) is 0 Å². The molecule has 0 aliphatic carbocycles. The van der Waals surface area contributed by atoms with Gasteiger partial charge in [0.25, 0.3) is 5.56 Å². The first-order valence-electron chi connectivity index (χ1n) is 9.18. The second-order valence-electron chi connectivity index (χ2n) is 6.58. The molecular weight excluding hydrogens is 378 g/mol. The lowest BCUT2D eigenvalue weighted by Gasteiger charge is -2.29. The summed E-state index contributed by atoms with van der Waals surface area (Å²) in [5, 5.41) is 0.689. The van der Waals surface area contributed by atoms with Crippen molar-refractivity contribution in [2.75, 3.05) is 26.3 Å². The van der Waals surface area contributed by atoms with Gasteiger partial charge in [-0.1, -0.05) is 23.9 Å². The zero-order valence-electron chi connectivity index (χ0n) is 15.5. The molecule has 0 saturated carbocycles. The van der Waals surface area contributed by atoms with Crippen LogP contribution in [0.5, 0.6) is 0 Å². The van der Waals surface area contributed by atoms with Crippen molar-refractivity contribution < 1.29 is 13.9 Å².